The first-order valence-electron chi connectivity index (χ1n) is 6.60. The van der Waals surface area contributed by atoms with Gasteiger partial charge in [-0.2, -0.15) is 13.2 Å². The number of aliphatic carboxylic acids is 1. The first-order valence-corrected chi connectivity index (χ1v) is 8.15. The third-order valence-electron chi connectivity index (χ3n) is 3.76. The van der Waals surface area contributed by atoms with Gasteiger partial charge in [0.25, 0.3) is 0 Å². The second-order valence-electron chi connectivity index (χ2n) is 5.13. The third kappa shape index (κ3) is 3.19. The molecule has 2 atom stereocenters. The zero-order valence-corrected chi connectivity index (χ0v) is 12.6. The molecule has 0 aliphatic carbocycles. The van der Waals surface area contributed by atoms with E-state index in [-0.39, 0.29) is 13.0 Å². The summed E-state index contributed by atoms with van der Waals surface area (Å²) in [4.78, 5) is 11.5. The fourth-order valence-electron chi connectivity index (χ4n) is 2.62. The average molecular weight is 349 g/mol. The Kier molecular flexibility index (Phi) is 4.43. The minimum absolute atomic E-state index is 0.213. The van der Waals surface area contributed by atoms with E-state index in [1.165, 1.54) is 17.2 Å². The Balaban J connectivity index is 2.45. The Hall–Kier alpha value is -2.03. The van der Waals surface area contributed by atoms with Crippen molar-refractivity contribution in [3.05, 3.63) is 42.6 Å². The number of carboxylic acids is 1. The lowest BCUT2D eigenvalue weighted by atomic mass is 10.2. The monoisotopic (exact) mass is 349 g/mol. The fraction of sp³-hybridized carbons (Fsp3) is 0.357. The molecule has 23 heavy (non-hydrogen) atoms. The van der Waals surface area contributed by atoms with Crippen molar-refractivity contribution >= 4 is 15.8 Å². The summed E-state index contributed by atoms with van der Waals surface area (Å²) in [5, 5.41) is 7.84. The first kappa shape index (κ1) is 17.3. The maximum absolute atomic E-state index is 13.0. The van der Waals surface area contributed by atoms with E-state index >= 15 is 0 Å². The lowest BCUT2D eigenvalue weighted by molar-refractivity contribution is -0.141. The molecular weight excluding hydrogens is 335 g/mol. The second kappa shape index (κ2) is 5.88. The Labute approximate surface area is 130 Å². The smallest absolute Gasteiger partial charge is 0.417 e. The quantitative estimate of drug-likeness (QED) is 0.902. The topological polar surface area (TPSA) is 74.7 Å². The molecule has 0 aromatic heterocycles. The molecule has 1 aromatic carbocycles. The molecule has 0 amide bonds. The largest absolute Gasteiger partial charge is 0.480 e. The van der Waals surface area contributed by atoms with Crippen LogP contribution in [0, 0.1) is 0 Å². The summed E-state index contributed by atoms with van der Waals surface area (Å²) in [6.45, 7) is 3.20. The summed E-state index contributed by atoms with van der Waals surface area (Å²) in [5.74, 6) is -1.24. The lowest BCUT2D eigenvalue weighted by Crippen LogP contribution is -2.31. The standard InChI is InChI=1S/C14H14F3NO4S/c1-2-18-8-9(7-11(18)13(19)20)23(21,22)12-6-4-3-5-10(12)14(15,16)17/h2-6,9,11H,1,7-8H2,(H,19,20)/t9-,11+/m1/s1. The van der Waals surface area contributed by atoms with E-state index in [0.717, 1.165) is 12.1 Å². The lowest BCUT2D eigenvalue weighted by Gasteiger charge is -2.18. The van der Waals surface area contributed by atoms with Crippen molar-refractivity contribution in [2.24, 2.45) is 0 Å². The number of benzene rings is 1. The number of hydrogen-bond acceptors (Lipinski definition) is 4. The van der Waals surface area contributed by atoms with Gasteiger partial charge in [0.05, 0.1) is 15.7 Å². The molecule has 5 nitrogen and oxygen atoms in total. The second-order valence-corrected chi connectivity index (χ2v) is 7.33. The van der Waals surface area contributed by atoms with Crippen LogP contribution in [0.2, 0.25) is 0 Å². The van der Waals surface area contributed by atoms with Crippen molar-refractivity contribution in [3.63, 3.8) is 0 Å². The first-order chi connectivity index (χ1) is 10.6. The van der Waals surface area contributed by atoms with Gasteiger partial charge in [-0.15, -0.1) is 0 Å². The van der Waals surface area contributed by atoms with Crippen molar-refractivity contribution < 1.29 is 31.5 Å². The van der Waals surface area contributed by atoms with Crippen LogP contribution >= 0.6 is 0 Å². The molecule has 1 heterocycles. The summed E-state index contributed by atoms with van der Waals surface area (Å²) in [7, 11) is -4.33. The SMILES string of the molecule is C=CN1C[C@H](S(=O)(=O)c2ccccc2C(F)(F)F)C[C@H]1C(=O)O. The van der Waals surface area contributed by atoms with E-state index in [1.807, 2.05) is 0 Å². The van der Waals surface area contributed by atoms with Crippen molar-refractivity contribution in [3.8, 4) is 0 Å². The molecular formula is C14H14F3NO4S. The minimum Gasteiger partial charge on any atom is -0.480 e. The van der Waals surface area contributed by atoms with Crippen LogP contribution in [0.1, 0.15) is 12.0 Å². The van der Waals surface area contributed by atoms with E-state index < -0.39 is 43.7 Å². The van der Waals surface area contributed by atoms with Gasteiger partial charge in [-0.05, 0) is 24.8 Å². The van der Waals surface area contributed by atoms with Crippen LogP contribution in [0.15, 0.2) is 41.9 Å². The number of rotatable bonds is 4. The highest BCUT2D eigenvalue weighted by Crippen LogP contribution is 2.37. The average Bonchev–Trinajstić information content (AvgIpc) is 2.91. The summed E-state index contributed by atoms with van der Waals surface area (Å²) < 4.78 is 64.2. The van der Waals surface area contributed by atoms with Crippen LogP contribution in [0.25, 0.3) is 0 Å². The van der Waals surface area contributed by atoms with Crippen molar-refractivity contribution in [2.75, 3.05) is 6.54 Å². The van der Waals surface area contributed by atoms with Gasteiger partial charge < -0.3 is 10.0 Å². The van der Waals surface area contributed by atoms with Gasteiger partial charge in [0.15, 0.2) is 9.84 Å². The molecule has 126 valence electrons. The summed E-state index contributed by atoms with van der Waals surface area (Å²) in [6.07, 6.45) is -3.92. The predicted octanol–water partition coefficient (Wildman–Crippen LogP) is 2.15. The summed E-state index contributed by atoms with van der Waals surface area (Å²) >= 11 is 0. The van der Waals surface area contributed by atoms with E-state index in [9.17, 15) is 26.4 Å². The van der Waals surface area contributed by atoms with Crippen LogP contribution in [-0.2, 0) is 20.8 Å². The molecule has 0 radical (unpaired) electrons. The molecule has 1 aliphatic heterocycles. The van der Waals surface area contributed by atoms with Gasteiger partial charge in [-0.1, -0.05) is 18.7 Å². The van der Waals surface area contributed by atoms with Crippen LogP contribution in [0.5, 0.6) is 0 Å². The molecule has 9 heteroatoms. The maximum Gasteiger partial charge on any atom is 0.417 e. The molecule has 1 N–H and O–H groups in total. The predicted molar refractivity (Wildman–Crippen MR) is 75.4 cm³/mol. The number of likely N-dealkylation sites (tertiary alicyclic amines) is 1. The molecule has 0 bridgehead atoms. The number of carbonyl (C=O) groups is 1. The number of hydrogen-bond donors (Lipinski definition) is 1. The zero-order valence-electron chi connectivity index (χ0n) is 11.8. The molecule has 2 rings (SSSR count). The van der Waals surface area contributed by atoms with Crippen LogP contribution in [0.3, 0.4) is 0 Å². The number of carboxylic acid groups (broad SMARTS) is 1. The zero-order chi connectivity index (χ0) is 17.4. The van der Waals surface area contributed by atoms with Crippen LogP contribution in [-0.4, -0.2) is 42.2 Å². The van der Waals surface area contributed by atoms with Gasteiger partial charge in [0.1, 0.15) is 6.04 Å². The minimum atomic E-state index is -4.81. The van der Waals surface area contributed by atoms with Crippen LogP contribution in [0.4, 0.5) is 13.2 Å². The highest BCUT2D eigenvalue weighted by Gasteiger charge is 2.45. The fourth-order valence-corrected chi connectivity index (χ4v) is 4.54. The number of alkyl halides is 3. The summed E-state index contributed by atoms with van der Waals surface area (Å²) in [5.41, 5.74) is -1.25. The highest BCUT2D eigenvalue weighted by molar-refractivity contribution is 7.92. The van der Waals surface area contributed by atoms with Gasteiger partial charge >= 0.3 is 12.1 Å². The molecule has 1 aliphatic rings. The molecule has 0 saturated carbocycles. The van der Waals surface area contributed by atoms with Crippen molar-refractivity contribution in [1.82, 2.24) is 4.90 Å². The van der Waals surface area contributed by atoms with Crippen LogP contribution < -0.4 is 0 Å². The number of nitrogens with zero attached hydrogens (tertiary/aromatic N) is 1. The van der Waals surface area contributed by atoms with E-state index in [1.54, 1.807) is 0 Å². The Morgan fingerprint density at radius 3 is 2.43 bits per heavy atom. The third-order valence-corrected chi connectivity index (χ3v) is 5.95. The molecule has 0 unspecified atom stereocenters. The van der Waals surface area contributed by atoms with Crippen molar-refractivity contribution in [2.45, 2.75) is 28.8 Å². The molecule has 1 saturated heterocycles. The van der Waals surface area contributed by atoms with Crippen molar-refractivity contribution in [1.29, 1.82) is 0 Å². The normalized spacial score (nSPS) is 22.1. The maximum atomic E-state index is 13.0. The summed E-state index contributed by atoms with van der Waals surface area (Å²) in [6, 6.07) is 2.78. The highest BCUT2D eigenvalue weighted by atomic mass is 32.2. The van der Waals surface area contributed by atoms with Gasteiger partial charge in [0.2, 0.25) is 0 Å². The van der Waals surface area contributed by atoms with E-state index in [2.05, 4.69) is 6.58 Å². The Bertz CT molecular complexity index is 730. The van der Waals surface area contributed by atoms with Gasteiger partial charge in [0, 0.05) is 6.54 Å². The van der Waals surface area contributed by atoms with Gasteiger partial charge in [-0.3, -0.25) is 0 Å². The van der Waals surface area contributed by atoms with Gasteiger partial charge in [-0.25, -0.2) is 13.2 Å². The molecule has 0 spiro atoms. The molecule has 1 fully saturated rings. The Morgan fingerprint density at radius 1 is 1.35 bits per heavy atom. The van der Waals surface area contributed by atoms with E-state index in [0.29, 0.717) is 6.07 Å². The Morgan fingerprint density at radius 2 is 1.96 bits per heavy atom. The van der Waals surface area contributed by atoms with E-state index in [4.69, 9.17) is 5.11 Å². The molecule has 1 aromatic rings. The number of sulfone groups is 1. The number of halogens is 3.